The van der Waals surface area contributed by atoms with Crippen molar-refractivity contribution in [2.24, 2.45) is 0 Å². The van der Waals surface area contributed by atoms with Gasteiger partial charge in [-0.15, -0.1) is 0 Å². The summed E-state index contributed by atoms with van der Waals surface area (Å²) in [6.45, 7) is 1.37. The maximum absolute atomic E-state index is 13.6. The van der Waals surface area contributed by atoms with E-state index in [4.69, 9.17) is 16.3 Å². The fourth-order valence-corrected chi connectivity index (χ4v) is 4.52. The summed E-state index contributed by atoms with van der Waals surface area (Å²) in [5, 5.41) is 0.702. The van der Waals surface area contributed by atoms with E-state index in [0.717, 1.165) is 50.6 Å². The van der Waals surface area contributed by atoms with Gasteiger partial charge in [0.05, 0.1) is 12.0 Å². The standard InChI is InChI=1S/C21H24ClN3O2/c22-17-8-6-16(7-9-17)21(10-1-2-11-21)19(26)25-14-3-5-18(15-25)27-20-23-12-4-13-24-20/h4,6-9,12-13,18H,1-3,5,10-11,14-15H2. The lowest BCUT2D eigenvalue weighted by molar-refractivity contribution is -0.140. The van der Waals surface area contributed by atoms with Crippen LogP contribution in [0.2, 0.25) is 5.02 Å². The molecule has 1 aliphatic carbocycles. The number of rotatable bonds is 4. The predicted molar refractivity (Wildman–Crippen MR) is 104 cm³/mol. The van der Waals surface area contributed by atoms with Crippen molar-refractivity contribution in [1.82, 2.24) is 14.9 Å². The van der Waals surface area contributed by atoms with Crippen LogP contribution in [-0.2, 0) is 10.2 Å². The topological polar surface area (TPSA) is 55.3 Å². The van der Waals surface area contributed by atoms with Crippen LogP contribution in [0, 0.1) is 0 Å². The predicted octanol–water partition coefficient (Wildman–Crippen LogP) is 4.01. The van der Waals surface area contributed by atoms with Gasteiger partial charge in [0.15, 0.2) is 0 Å². The molecule has 1 aliphatic heterocycles. The van der Waals surface area contributed by atoms with E-state index in [1.54, 1.807) is 18.5 Å². The van der Waals surface area contributed by atoms with Gasteiger partial charge in [-0.05, 0) is 49.4 Å². The number of carbonyl (C=O) groups is 1. The first-order valence-electron chi connectivity index (χ1n) is 9.66. The second-order valence-electron chi connectivity index (χ2n) is 7.46. The Morgan fingerprint density at radius 1 is 1.11 bits per heavy atom. The zero-order chi connectivity index (χ0) is 18.7. The quantitative estimate of drug-likeness (QED) is 0.797. The Morgan fingerprint density at radius 2 is 1.81 bits per heavy atom. The lowest BCUT2D eigenvalue weighted by atomic mass is 9.77. The minimum Gasteiger partial charge on any atom is -0.458 e. The van der Waals surface area contributed by atoms with Crippen molar-refractivity contribution < 1.29 is 9.53 Å². The van der Waals surface area contributed by atoms with E-state index in [0.29, 0.717) is 17.6 Å². The number of benzene rings is 1. The molecule has 2 aromatic rings. The van der Waals surface area contributed by atoms with Crippen LogP contribution in [0.1, 0.15) is 44.1 Å². The van der Waals surface area contributed by atoms with Gasteiger partial charge in [-0.2, -0.15) is 0 Å². The molecule has 1 saturated carbocycles. The number of halogens is 1. The molecule has 5 nitrogen and oxygen atoms in total. The number of hydrogen-bond donors (Lipinski definition) is 0. The molecule has 0 bridgehead atoms. The molecule has 2 aliphatic rings. The monoisotopic (exact) mass is 385 g/mol. The average molecular weight is 386 g/mol. The molecular weight excluding hydrogens is 362 g/mol. The van der Waals surface area contributed by atoms with Crippen molar-refractivity contribution in [3.8, 4) is 6.01 Å². The van der Waals surface area contributed by atoms with Crippen LogP contribution in [0.3, 0.4) is 0 Å². The Morgan fingerprint density at radius 3 is 2.52 bits per heavy atom. The highest BCUT2D eigenvalue weighted by Gasteiger charge is 2.45. The summed E-state index contributed by atoms with van der Waals surface area (Å²) in [7, 11) is 0. The van der Waals surface area contributed by atoms with Gasteiger partial charge in [0, 0.05) is 24.0 Å². The smallest absolute Gasteiger partial charge is 0.316 e. The van der Waals surface area contributed by atoms with Crippen molar-refractivity contribution in [3.63, 3.8) is 0 Å². The van der Waals surface area contributed by atoms with Gasteiger partial charge >= 0.3 is 6.01 Å². The SMILES string of the molecule is O=C(N1CCCC(Oc2ncccn2)C1)C1(c2ccc(Cl)cc2)CCCC1. The average Bonchev–Trinajstić information content (AvgIpc) is 3.20. The second kappa shape index (κ2) is 7.85. The third kappa shape index (κ3) is 3.79. The van der Waals surface area contributed by atoms with Crippen molar-refractivity contribution in [1.29, 1.82) is 0 Å². The number of aromatic nitrogens is 2. The minimum absolute atomic E-state index is 0.0613. The van der Waals surface area contributed by atoms with Crippen LogP contribution in [-0.4, -0.2) is 40.0 Å². The summed E-state index contributed by atoms with van der Waals surface area (Å²) in [6.07, 6.45) is 9.09. The number of hydrogen-bond acceptors (Lipinski definition) is 4. The van der Waals surface area contributed by atoms with Crippen LogP contribution in [0.4, 0.5) is 0 Å². The zero-order valence-corrected chi connectivity index (χ0v) is 16.1. The summed E-state index contributed by atoms with van der Waals surface area (Å²) < 4.78 is 5.92. The summed E-state index contributed by atoms with van der Waals surface area (Å²) in [5.41, 5.74) is 0.666. The van der Waals surface area contributed by atoms with Crippen molar-refractivity contribution in [3.05, 3.63) is 53.3 Å². The molecular formula is C21H24ClN3O2. The Labute approximate surface area is 164 Å². The summed E-state index contributed by atoms with van der Waals surface area (Å²) in [6, 6.07) is 9.95. The van der Waals surface area contributed by atoms with E-state index < -0.39 is 5.41 Å². The van der Waals surface area contributed by atoms with E-state index >= 15 is 0 Å². The van der Waals surface area contributed by atoms with E-state index in [1.807, 2.05) is 29.2 Å². The molecule has 142 valence electrons. The Kier molecular flexibility index (Phi) is 5.30. The number of carbonyl (C=O) groups excluding carboxylic acids is 1. The van der Waals surface area contributed by atoms with Gasteiger partial charge in [0.25, 0.3) is 0 Å². The number of piperidine rings is 1. The van der Waals surface area contributed by atoms with Crippen LogP contribution < -0.4 is 4.74 Å². The van der Waals surface area contributed by atoms with Crippen molar-refractivity contribution >= 4 is 17.5 Å². The van der Waals surface area contributed by atoms with Gasteiger partial charge in [0.2, 0.25) is 5.91 Å². The fraction of sp³-hybridized carbons (Fsp3) is 0.476. The van der Waals surface area contributed by atoms with E-state index in [2.05, 4.69) is 9.97 Å². The molecule has 2 heterocycles. The first-order chi connectivity index (χ1) is 13.2. The molecule has 1 aromatic heterocycles. The third-order valence-electron chi connectivity index (χ3n) is 5.74. The molecule has 4 rings (SSSR count). The lowest BCUT2D eigenvalue weighted by Gasteiger charge is -2.39. The molecule has 0 N–H and O–H groups in total. The first kappa shape index (κ1) is 18.2. The molecule has 1 atom stereocenters. The Balaban J connectivity index is 1.52. The van der Waals surface area contributed by atoms with Gasteiger partial charge in [-0.25, -0.2) is 9.97 Å². The molecule has 1 unspecified atom stereocenters. The summed E-state index contributed by atoms with van der Waals surface area (Å²) in [5.74, 6) is 0.226. The van der Waals surface area contributed by atoms with Gasteiger partial charge in [0.1, 0.15) is 6.10 Å². The van der Waals surface area contributed by atoms with E-state index in [-0.39, 0.29) is 12.0 Å². The normalized spacial score (nSPS) is 21.8. The number of ether oxygens (including phenoxy) is 1. The number of amides is 1. The third-order valence-corrected chi connectivity index (χ3v) is 5.99. The van der Waals surface area contributed by atoms with Crippen molar-refractivity contribution in [2.45, 2.75) is 50.0 Å². The van der Waals surface area contributed by atoms with Gasteiger partial charge < -0.3 is 9.64 Å². The zero-order valence-electron chi connectivity index (χ0n) is 15.3. The largest absolute Gasteiger partial charge is 0.458 e. The summed E-state index contributed by atoms with van der Waals surface area (Å²) >= 11 is 6.06. The highest BCUT2D eigenvalue weighted by Crippen LogP contribution is 2.43. The Bertz CT molecular complexity index is 776. The van der Waals surface area contributed by atoms with Crippen LogP contribution >= 0.6 is 11.6 Å². The maximum atomic E-state index is 13.6. The fourth-order valence-electron chi connectivity index (χ4n) is 4.39. The first-order valence-corrected chi connectivity index (χ1v) is 10.0. The molecule has 2 fully saturated rings. The summed E-state index contributed by atoms with van der Waals surface area (Å²) in [4.78, 5) is 23.9. The van der Waals surface area contributed by atoms with E-state index in [1.165, 1.54) is 0 Å². The molecule has 1 saturated heterocycles. The van der Waals surface area contributed by atoms with Crippen molar-refractivity contribution in [2.75, 3.05) is 13.1 Å². The van der Waals surface area contributed by atoms with Crippen LogP contribution in [0.15, 0.2) is 42.7 Å². The molecule has 27 heavy (non-hydrogen) atoms. The van der Waals surface area contributed by atoms with Gasteiger partial charge in [-0.1, -0.05) is 36.6 Å². The molecule has 6 heteroatoms. The van der Waals surface area contributed by atoms with Crippen LogP contribution in [0.25, 0.3) is 0 Å². The Hall–Kier alpha value is -2.14. The lowest BCUT2D eigenvalue weighted by Crippen LogP contribution is -2.51. The van der Waals surface area contributed by atoms with E-state index in [9.17, 15) is 4.79 Å². The minimum atomic E-state index is -0.421. The van der Waals surface area contributed by atoms with Gasteiger partial charge in [-0.3, -0.25) is 4.79 Å². The highest BCUT2D eigenvalue weighted by atomic mass is 35.5. The molecule has 0 spiro atoms. The molecule has 1 amide bonds. The molecule has 1 aromatic carbocycles. The number of likely N-dealkylation sites (tertiary alicyclic amines) is 1. The van der Waals surface area contributed by atoms with Crippen LogP contribution in [0.5, 0.6) is 6.01 Å². The maximum Gasteiger partial charge on any atom is 0.316 e. The second-order valence-corrected chi connectivity index (χ2v) is 7.90. The number of nitrogens with zero attached hydrogens (tertiary/aromatic N) is 3. The highest BCUT2D eigenvalue weighted by molar-refractivity contribution is 6.30. The molecule has 0 radical (unpaired) electrons.